The van der Waals surface area contributed by atoms with Crippen LogP contribution in [0.15, 0.2) is 60.9 Å². The summed E-state index contributed by atoms with van der Waals surface area (Å²) in [5, 5.41) is 10.5. The van der Waals surface area contributed by atoms with Gasteiger partial charge in [0.1, 0.15) is 12.4 Å². The fraction of sp³-hybridized carbons (Fsp3) is 0.150. The molecule has 1 aliphatic heterocycles. The number of carbonyl (C=O) groups is 1. The molecule has 2 N–H and O–H groups in total. The van der Waals surface area contributed by atoms with Crippen LogP contribution in [0.25, 0.3) is 5.70 Å². The summed E-state index contributed by atoms with van der Waals surface area (Å²) in [5.74, 6) is 0.624. The van der Waals surface area contributed by atoms with Crippen LogP contribution in [0, 0.1) is 6.92 Å². The Labute approximate surface area is 151 Å². The standard InChI is InChI=1S/C20H19N5O/c1-13-3-5-15(6-4-13)18-11-19(25-20(24-18)21-12-22-25)16-7-9-17(10-8-16)23-14(2)26/h3-12,19H,1-2H3,(H,23,26)(H,21,22,24)/t19-/m0/s1. The van der Waals surface area contributed by atoms with Crippen LogP contribution in [0.2, 0.25) is 0 Å². The van der Waals surface area contributed by atoms with Crippen LogP contribution < -0.4 is 10.6 Å². The van der Waals surface area contributed by atoms with Gasteiger partial charge in [-0.1, -0.05) is 42.0 Å². The Morgan fingerprint density at radius 1 is 1.12 bits per heavy atom. The lowest BCUT2D eigenvalue weighted by Gasteiger charge is -2.24. The number of hydrogen-bond acceptors (Lipinski definition) is 4. The topological polar surface area (TPSA) is 71.8 Å². The van der Waals surface area contributed by atoms with Crippen LogP contribution in [0.5, 0.6) is 0 Å². The van der Waals surface area contributed by atoms with Crippen molar-refractivity contribution in [3.63, 3.8) is 0 Å². The van der Waals surface area contributed by atoms with Crippen molar-refractivity contribution in [3.05, 3.63) is 77.6 Å². The fourth-order valence-electron chi connectivity index (χ4n) is 3.04. The first-order valence-corrected chi connectivity index (χ1v) is 8.43. The smallest absolute Gasteiger partial charge is 0.226 e. The molecular formula is C20H19N5O. The number of anilines is 2. The predicted molar refractivity (Wildman–Crippen MR) is 102 cm³/mol. The first-order chi connectivity index (χ1) is 12.6. The highest BCUT2D eigenvalue weighted by atomic mass is 16.1. The molecule has 0 radical (unpaired) electrons. The van der Waals surface area contributed by atoms with Gasteiger partial charge in [0.15, 0.2) is 0 Å². The van der Waals surface area contributed by atoms with E-state index in [2.05, 4.69) is 58.0 Å². The predicted octanol–water partition coefficient (Wildman–Crippen LogP) is 3.60. The Bertz CT molecular complexity index is 970. The molecule has 1 aromatic heterocycles. The Hall–Kier alpha value is -3.41. The van der Waals surface area contributed by atoms with Gasteiger partial charge in [-0.3, -0.25) is 4.79 Å². The van der Waals surface area contributed by atoms with Crippen molar-refractivity contribution >= 4 is 23.2 Å². The lowest BCUT2D eigenvalue weighted by atomic mass is 10.0. The summed E-state index contributed by atoms with van der Waals surface area (Å²) in [5.41, 5.74) is 5.17. The number of allylic oxidation sites excluding steroid dienone is 1. The van der Waals surface area contributed by atoms with Gasteiger partial charge < -0.3 is 10.6 Å². The molecule has 0 saturated carbocycles. The zero-order valence-electron chi connectivity index (χ0n) is 14.6. The Kier molecular flexibility index (Phi) is 4.01. The first-order valence-electron chi connectivity index (χ1n) is 8.43. The summed E-state index contributed by atoms with van der Waals surface area (Å²) >= 11 is 0. The van der Waals surface area contributed by atoms with Gasteiger partial charge in [0.2, 0.25) is 11.9 Å². The molecule has 26 heavy (non-hydrogen) atoms. The van der Waals surface area contributed by atoms with E-state index in [-0.39, 0.29) is 11.9 Å². The van der Waals surface area contributed by atoms with E-state index in [4.69, 9.17) is 0 Å². The van der Waals surface area contributed by atoms with Crippen LogP contribution in [0.1, 0.15) is 29.7 Å². The Morgan fingerprint density at radius 2 is 1.85 bits per heavy atom. The van der Waals surface area contributed by atoms with Crippen molar-refractivity contribution in [1.82, 2.24) is 14.8 Å². The SMILES string of the molecule is CC(=O)Nc1ccc([C@@H]2C=C(c3ccc(C)cc3)Nc3ncnn32)cc1. The molecule has 1 atom stereocenters. The molecule has 0 unspecified atom stereocenters. The van der Waals surface area contributed by atoms with E-state index in [9.17, 15) is 4.79 Å². The molecule has 1 amide bonds. The largest absolute Gasteiger partial charge is 0.326 e. The summed E-state index contributed by atoms with van der Waals surface area (Å²) in [6.45, 7) is 3.57. The monoisotopic (exact) mass is 345 g/mol. The normalized spacial score (nSPS) is 15.6. The number of fused-ring (bicyclic) bond motifs is 1. The van der Waals surface area contributed by atoms with Crippen LogP contribution in [0.4, 0.5) is 11.6 Å². The van der Waals surface area contributed by atoms with Crippen molar-refractivity contribution in [2.75, 3.05) is 10.6 Å². The highest BCUT2D eigenvalue weighted by Crippen LogP contribution is 2.32. The molecule has 0 fully saturated rings. The number of nitrogens with zero attached hydrogens (tertiary/aromatic N) is 3. The van der Waals surface area contributed by atoms with Gasteiger partial charge in [0.05, 0.1) is 0 Å². The maximum atomic E-state index is 11.2. The van der Waals surface area contributed by atoms with E-state index in [0.717, 1.165) is 22.5 Å². The lowest BCUT2D eigenvalue weighted by Crippen LogP contribution is -2.20. The van der Waals surface area contributed by atoms with Crippen molar-refractivity contribution in [1.29, 1.82) is 0 Å². The molecule has 1 aliphatic rings. The zero-order valence-corrected chi connectivity index (χ0v) is 14.6. The summed E-state index contributed by atoms with van der Waals surface area (Å²) in [6, 6.07) is 16.1. The number of carbonyl (C=O) groups excluding carboxylic acids is 1. The molecule has 130 valence electrons. The summed E-state index contributed by atoms with van der Waals surface area (Å²) in [6.07, 6.45) is 3.69. The molecule has 0 saturated heterocycles. The minimum Gasteiger partial charge on any atom is -0.326 e. The minimum atomic E-state index is -0.0836. The molecule has 2 heterocycles. The summed E-state index contributed by atoms with van der Waals surface area (Å²) in [4.78, 5) is 15.5. The third kappa shape index (κ3) is 3.09. The fourth-order valence-corrected chi connectivity index (χ4v) is 3.04. The molecule has 4 rings (SSSR count). The molecule has 6 nitrogen and oxygen atoms in total. The van der Waals surface area contributed by atoms with Crippen molar-refractivity contribution < 1.29 is 4.79 Å². The van der Waals surface area contributed by atoms with E-state index in [0.29, 0.717) is 5.95 Å². The first kappa shape index (κ1) is 16.1. The van der Waals surface area contributed by atoms with E-state index < -0.39 is 0 Å². The molecule has 0 bridgehead atoms. The quantitative estimate of drug-likeness (QED) is 0.761. The van der Waals surface area contributed by atoms with E-state index >= 15 is 0 Å². The Morgan fingerprint density at radius 3 is 2.54 bits per heavy atom. The van der Waals surface area contributed by atoms with Crippen LogP contribution in [0.3, 0.4) is 0 Å². The summed E-state index contributed by atoms with van der Waals surface area (Å²) < 4.78 is 1.85. The number of rotatable bonds is 3. The molecule has 3 aromatic rings. The number of hydrogen-bond donors (Lipinski definition) is 2. The third-order valence-electron chi connectivity index (χ3n) is 4.34. The second-order valence-corrected chi connectivity index (χ2v) is 6.35. The molecule has 0 aliphatic carbocycles. The number of nitrogens with one attached hydrogen (secondary N) is 2. The van der Waals surface area contributed by atoms with Crippen molar-refractivity contribution in [2.24, 2.45) is 0 Å². The molecule has 6 heteroatoms. The van der Waals surface area contributed by atoms with Gasteiger partial charge >= 0.3 is 0 Å². The maximum Gasteiger partial charge on any atom is 0.226 e. The second-order valence-electron chi connectivity index (χ2n) is 6.35. The Balaban J connectivity index is 1.71. The highest BCUT2D eigenvalue weighted by molar-refractivity contribution is 5.88. The van der Waals surface area contributed by atoms with Gasteiger partial charge in [-0.15, -0.1) is 0 Å². The molecule has 0 spiro atoms. The van der Waals surface area contributed by atoms with Crippen LogP contribution in [-0.2, 0) is 4.79 Å². The minimum absolute atomic E-state index is 0.0727. The number of benzene rings is 2. The van der Waals surface area contributed by atoms with E-state index in [1.807, 2.05) is 28.9 Å². The van der Waals surface area contributed by atoms with Gasteiger partial charge in [0, 0.05) is 18.3 Å². The maximum absolute atomic E-state index is 11.2. The van der Waals surface area contributed by atoms with Gasteiger partial charge in [-0.25, -0.2) is 4.68 Å². The van der Waals surface area contributed by atoms with Crippen LogP contribution in [-0.4, -0.2) is 20.7 Å². The third-order valence-corrected chi connectivity index (χ3v) is 4.34. The van der Waals surface area contributed by atoms with Gasteiger partial charge in [-0.2, -0.15) is 10.1 Å². The average molecular weight is 345 g/mol. The second kappa shape index (κ2) is 6.48. The van der Waals surface area contributed by atoms with Crippen molar-refractivity contribution in [2.45, 2.75) is 19.9 Å². The lowest BCUT2D eigenvalue weighted by molar-refractivity contribution is -0.114. The highest BCUT2D eigenvalue weighted by Gasteiger charge is 2.23. The van der Waals surface area contributed by atoms with E-state index in [1.165, 1.54) is 12.5 Å². The number of aryl methyl sites for hydroxylation is 1. The van der Waals surface area contributed by atoms with Crippen LogP contribution >= 0.6 is 0 Å². The zero-order chi connectivity index (χ0) is 18.1. The molecular weight excluding hydrogens is 326 g/mol. The number of amides is 1. The van der Waals surface area contributed by atoms with E-state index in [1.54, 1.807) is 6.33 Å². The summed E-state index contributed by atoms with van der Waals surface area (Å²) in [7, 11) is 0. The molecule has 2 aromatic carbocycles. The van der Waals surface area contributed by atoms with Crippen molar-refractivity contribution in [3.8, 4) is 0 Å². The average Bonchev–Trinajstić information content (AvgIpc) is 3.10. The number of aromatic nitrogens is 3. The van der Waals surface area contributed by atoms with Gasteiger partial charge in [-0.05, 0) is 36.3 Å². The van der Waals surface area contributed by atoms with Gasteiger partial charge in [0.25, 0.3) is 0 Å².